The maximum absolute atomic E-state index is 11.9. The number of methoxy groups -OCH3 is 2. The van der Waals surface area contributed by atoms with Crippen LogP contribution >= 0.6 is 23.2 Å². The van der Waals surface area contributed by atoms with Crippen molar-refractivity contribution in [1.29, 1.82) is 0 Å². The third-order valence-corrected chi connectivity index (χ3v) is 4.62. The molecular weight excluding hydrogens is 375 g/mol. The van der Waals surface area contributed by atoms with Gasteiger partial charge >= 0.3 is 5.97 Å². The van der Waals surface area contributed by atoms with Gasteiger partial charge in [-0.3, -0.25) is 4.68 Å². The van der Waals surface area contributed by atoms with E-state index in [4.69, 9.17) is 32.7 Å². The van der Waals surface area contributed by atoms with Crippen LogP contribution in [0.3, 0.4) is 0 Å². The second-order valence-electron chi connectivity index (χ2n) is 5.54. The Labute approximate surface area is 161 Å². The third kappa shape index (κ3) is 3.84. The summed E-state index contributed by atoms with van der Waals surface area (Å²) >= 11 is 12.1. The van der Waals surface area contributed by atoms with Crippen molar-refractivity contribution in [3.63, 3.8) is 0 Å². The summed E-state index contributed by atoms with van der Waals surface area (Å²) < 4.78 is 11.7. The van der Waals surface area contributed by atoms with Gasteiger partial charge < -0.3 is 9.47 Å². The number of carbonyl (C=O) groups is 1. The smallest absolute Gasteiger partial charge is 0.358 e. The number of rotatable bonds is 5. The normalized spacial score (nSPS) is 10.6. The van der Waals surface area contributed by atoms with Gasteiger partial charge in [0, 0.05) is 5.56 Å². The van der Waals surface area contributed by atoms with Crippen LogP contribution in [0.15, 0.2) is 48.5 Å². The molecule has 0 aliphatic heterocycles. The molecule has 0 spiro atoms. The zero-order valence-corrected chi connectivity index (χ0v) is 15.7. The highest BCUT2D eigenvalue weighted by Gasteiger charge is 2.16. The molecule has 3 rings (SSSR count). The van der Waals surface area contributed by atoms with Gasteiger partial charge in [0.15, 0.2) is 5.69 Å². The number of nitrogens with zero attached hydrogens (tertiary/aromatic N) is 2. The minimum absolute atomic E-state index is 0.235. The fraction of sp³-hybridized carbons (Fsp3) is 0.158. The average molecular weight is 391 g/mol. The lowest BCUT2D eigenvalue weighted by atomic mass is 10.1. The molecule has 0 aliphatic carbocycles. The number of esters is 1. The molecule has 3 aromatic rings. The van der Waals surface area contributed by atoms with Crippen molar-refractivity contribution >= 4 is 29.2 Å². The Morgan fingerprint density at radius 3 is 2.38 bits per heavy atom. The predicted molar refractivity (Wildman–Crippen MR) is 101 cm³/mol. The van der Waals surface area contributed by atoms with Crippen molar-refractivity contribution in [3.05, 3.63) is 69.8 Å². The number of aromatic nitrogens is 2. The van der Waals surface area contributed by atoms with Crippen molar-refractivity contribution in [2.24, 2.45) is 0 Å². The molecule has 0 radical (unpaired) electrons. The molecule has 0 unspecified atom stereocenters. The second kappa shape index (κ2) is 7.81. The standard InChI is InChI=1S/C19H16Cl2N2O3/c1-25-14-6-4-13(5-7-14)18-10-17(19(24)26-2)22-23(18)11-12-3-8-15(20)16(21)9-12/h3-10H,11H2,1-2H3. The van der Waals surface area contributed by atoms with E-state index in [0.717, 1.165) is 22.6 Å². The molecule has 1 heterocycles. The van der Waals surface area contributed by atoms with Gasteiger partial charge in [-0.2, -0.15) is 5.10 Å². The van der Waals surface area contributed by atoms with E-state index in [0.29, 0.717) is 16.6 Å². The zero-order chi connectivity index (χ0) is 18.7. The molecule has 0 N–H and O–H groups in total. The SMILES string of the molecule is COC(=O)c1cc(-c2ccc(OC)cc2)n(Cc2ccc(Cl)c(Cl)c2)n1. The monoisotopic (exact) mass is 390 g/mol. The number of ether oxygens (including phenoxy) is 2. The Bertz CT molecular complexity index is 936. The van der Waals surface area contributed by atoms with Crippen molar-refractivity contribution in [1.82, 2.24) is 9.78 Å². The van der Waals surface area contributed by atoms with E-state index in [1.807, 2.05) is 30.3 Å². The summed E-state index contributed by atoms with van der Waals surface area (Å²) in [6.45, 7) is 0.426. The first-order chi connectivity index (χ1) is 12.5. The van der Waals surface area contributed by atoms with Crippen LogP contribution in [0, 0.1) is 0 Å². The third-order valence-electron chi connectivity index (χ3n) is 3.88. The van der Waals surface area contributed by atoms with Gasteiger partial charge in [-0.05, 0) is 48.0 Å². The molecule has 0 bridgehead atoms. The quantitative estimate of drug-likeness (QED) is 0.592. The molecule has 0 saturated carbocycles. The summed E-state index contributed by atoms with van der Waals surface area (Å²) in [5.41, 5.74) is 2.82. The van der Waals surface area contributed by atoms with E-state index < -0.39 is 5.97 Å². The van der Waals surface area contributed by atoms with Gasteiger partial charge in [0.05, 0.1) is 36.5 Å². The second-order valence-corrected chi connectivity index (χ2v) is 6.36. The van der Waals surface area contributed by atoms with Crippen LogP contribution in [0.1, 0.15) is 16.1 Å². The number of benzene rings is 2. The molecule has 1 aromatic heterocycles. The van der Waals surface area contributed by atoms with Crippen molar-refractivity contribution < 1.29 is 14.3 Å². The fourth-order valence-corrected chi connectivity index (χ4v) is 2.87. The topological polar surface area (TPSA) is 53.4 Å². The molecule has 2 aromatic carbocycles. The van der Waals surface area contributed by atoms with Gasteiger partial charge in [0.2, 0.25) is 0 Å². The van der Waals surface area contributed by atoms with E-state index in [2.05, 4.69) is 5.10 Å². The summed E-state index contributed by atoms with van der Waals surface area (Å²) in [4.78, 5) is 11.9. The Morgan fingerprint density at radius 1 is 1.04 bits per heavy atom. The number of carbonyl (C=O) groups excluding carboxylic acids is 1. The molecule has 0 atom stereocenters. The molecule has 0 aliphatic rings. The summed E-state index contributed by atoms with van der Waals surface area (Å²) in [5, 5.41) is 5.34. The molecule has 134 valence electrons. The average Bonchev–Trinajstić information content (AvgIpc) is 3.08. The lowest BCUT2D eigenvalue weighted by Gasteiger charge is -2.09. The van der Waals surface area contributed by atoms with Crippen LogP contribution in [0.25, 0.3) is 11.3 Å². The van der Waals surface area contributed by atoms with Crippen molar-refractivity contribution in [3.8, 4) is 17.0 Å². The summed E-state index contributed by atoms with van der Waals surface area (Å²) in [6, 6.07) is 14.6. The highest BCUT2D eigenvalue weighted by Crippen LogP contribution is 2.26. The zero-order valence-electron chi connectivity index (χ0n) is 14.2. The van der Waals surface area contributed by atoms with Crippen LogP contribution < -0.4 is 4.74 Å². The Kier molecular flexibility index (Phi) is 5.49. The highest BCUT2D eigenvalue weighted by atomic mass is 35.5. The van der Waals surface area contributed by atoms with Crippen LogP contribution in [0.5, 0.6) is 5.75 Å². The fourth-order valence-electron chi connectivity index (χ4n) is 2.55. The molecular formula is C19H16Cl2N2O3. The van der Waals surface area contributed by atoms with Crippen LogP contribution in [-0.4, -0.2) is 30.0 Å². The first-order valence-electron chi connectivity index (χ1n) is 7.76. The largest absolute Gasteiger partial charge is 0.497 e. The van der Waals surface area contributed by atoms with Gasteiger partial charge in [-0.25, -0.2) is 4.79 Å². The minimum atomic E-state index is -0.493. The summed E-state index contributed by atoms with van der Waals surface area (Å²) in [7, 11) is 2.94. The Balaban J connectivity index is 2.02. The van der Waals surface area contributed by atoms with Gasteiger partial charge in [0.1, 0.15) is 5.75 Å². The number of hydrogen-bond donors (Lipinski definition) is 0. The number of hydrogen-bond acceptors (Lipinski definition) is 4. The van der Waals surface area contributed by atoms with Crippen molar-refractivity contribution in [2.45, 2.75) is 6.54 Å². The van der Waals surface area contributed by atoms with E-state index >= 15 is 0 Å². The summed E-state index contributed by atoms with van der Waals surface area (Å²) in [5.74, 6) is 0.255. The van der Waals surface area contributed by atoms with Crippen LogP contribution in [0.2, 0.25) is 10.0 Å². The lowest BCUT2D eigenvalue weighted by molar-refractivity contribution is 0.0593. The Morgan fingerprint density at radius 2 is 1.77 bits per heavy atom. The lowest BCUT2D eigenvalue weighted by Crippen LogP contribution is -2.07. The molecule has 7 heteroatoms. The predicted octanol–water partition coefficient (Wildman–Crippen LogP) is 4.70. The highest BCUT2D eigenvalue weighted by molar-refractivity contribution is 6.42. The van der Waals surface area contributed by atoms with Crippen LogP contribution in [0.4, 0.5) is 0 Å². The van der Waals surface area contributed by atoms with Gasteiger partial charge in [-0.1, -0.05) is 29.3 Å². The maximum Gasteiger partial charge on any atom is 0.358 e. The Hall–Kier alpha value is -2.50. The van der Waals surface area contributed by atoms with Crippen molar-refractivity contribution in [2.75, 3.05) is 14.2 Å². The number of halogens is 2. The van der Waals surface area contributed by atoms with E-state index in [1.54, 1.807) is 30.0 Å². The van der Waals surface area contributed by atoms with E-state index in [9.17, 15) is 4.79 Å². The minimum Gasteiger partial charge on any atom is -0.497 e. The maximum atomic E-state index is 11.9. The molecule has 5 nitrogen and oxygen atoms in total. The summed E-state index contributed by atoms with van der Waals surface area (Å²) in [6.07, 6.45) is 0. The molecule has 0 amide bonds. The molecule has 0 saturated heterocycles. The van der Waals surface area contributed by atoms with Gasteiger partial charge in [0.25, 0.3) is 0 Å². The van der Waals surface area contributed by atoms with Gasteiger partial charge in [-0.15, -0.1) is 0 Å². The van der Waals surface area contributed by atoms with E-state index in [-0.39, 0.29) is 5.69 Å². The van der Waals surface area contributed by atoms with E-state index in [1.165, 1.54) is 7.11 Å². The first kappa shape index (κ1) is 18.3. The first-order valence-corrected chi connectivity index (χ1v) is 8.52. The molecule has 0 fully saturated rings. The molecule has 26 heavy (non-hydrogen) atoms. The van der Waals surface area contributed by atoms with Crippen LogP contribution in [-0.2, 0) is 11.3 Å².